The predicted octanol–water partition coefficient (Wildman–Crippen LogP) is 5.07. The van der Waals surface area contributed by atoms with Gasteiger partial charge in [-0.25, -0.2) is 4.39 Å². The molecule has 1 saturated heterocycles. The molecule has 0 bridgehead atoms. The van der Waals surface area contributed by atoms with Gasteiger partial charge in [-0.05, 0) is 49.2 Å². The van der Waals surface area contributed by atoms with Crippen molar-refractivity contribution in [3.8, 4) is 0 Å². The molecule has 0 radical (unpaired) electrons. The Balaban J connectivity index is 1.69. The van der Waals surface area contributed by atoms with Crippen molar-refractivity contribution in [2.75, 3.05) is 18.8 Å². The molecule has 2 aromatic carbocycles. The van der Waals surface area contributed by atoms with Crippen LogP contribution in [0.1, 0.15) is 30.3 Å². The third-order valence-corrected chi connectivity index (χ3v) is 6.52. The molecule has 1 amide bonds. The smallest absolute Gasteiger partial charge is 0.237 e. The highest BCUT2D eigenvalue weighted by Crippen LogP contribution is 2.38. The van der Waals surface area contributed by atoms with Gasteiger partial charge in [0, 0.05) is 29.4 Å². The maximum absolute atomic E-state index is 13.2. The Morgan fingerprint density at radius 2 is 1.89 bits per heavy atom. The molecule has 1 atom stereocenters. The van der Waals surface area contributed by atoms with Crippen LogP contribution in [0.2, 0.25) is 0 Å². The number of thioether (sulfide) groups is 1. The monoisotopic (exact) mass is 450 g/mol. The molecule has 1 unspecified atom stereocenters. The van der Waals surface area contributed by atoms with E-state index in [2.05, 4.69) is 46.8 Å². The third-order valence-electron chi connectivity index (χ3n) is 4.73. The van der Waals surface area contributed by atoms with Crippen LogP contribution in [0, 0.1) is 5.82 Å². The summed E-state index contributed by atoms with van der Waals surface area (Å²) in [5, 5.41) is -0.0280. The fourth-order valence-corrected chi connectivity index (χ4v) is 4.68. The van der Waals surface area contributed by atoms with Crippen LogP contribution in [0.15, 0.2) is 53.0 Å². The first-order chi connectivity index (χ1) is 12.9. The lowest BCUT2D eigenvalue weighted by Gasteiger charge is -2.30. The molecular formula is C21H24BrFN2OS. The van der Waals surface area contributed by atoms with E-state index in [-0.39, 0.29) is 23.1 Å². The largest absolute Gasteiger partial charge is 0.325 e. The molecule has 1 heterocycles. The minimum atomic E-state index is -0.250. The first-order valence-corrected chi connectivity index (χ1v) is 10.9. The first kappa shape index (κ1) is 20.4. The Hall–Kier alpha value is -1.37. The van der Waals surface area contributed by atoms with Crippen molar-refractivity contribution in [3.63, 3.8) is 0 Å². The molecule has 0 N–H and O–H groups in total. The van der Waals surface area contributed by atoms with Gasteiger partial charge in [0.15, 0.2) is 0 Å². The molecule has 2 aromatic rings. The Morgan fingerprint density at radius 1 is 1.22 bits per heavy atom. The minimum Gasteiger partial charge on any atom is -0.325 e. The van der Waals surface area contributed by atoms with Gasteiger partial charge in [-0.1, -0.05) is 40.2 Å². The van der Waals surface area contributed by atoms with E-state index in [0.717, 1.165) is 28.9 Å². The first-order valence-electron chi connectivity index (χ1n) is 9.09. The van der Waals surface area contributed by atoms with E-state index in [1.165, 1.54) is 17.7 Å². The van der Waals surface area contributed by atoms with E-state index in [9.17, 15) is 9.18 Å². The van der Waals surface area contributed by atoms with Crippen molar-refractivity contribution in [1.82, 2.24) is 9.80 Å². The van der Waals surface area contributed by atoms with Gasteiger partial charge in [0.2, 0.25) is 5.91 Å². The van der Waals surface area contributed by atoms with Crippen LogP contribution in [0.5, 0.6) is 0 Å². The van der Waals surface area contributed by atoms with Crippen LogP contribution < -0.4 is 0 Å². The number of hydrogen-bond acceptors (Lipinski definition) is 3. The number of carbonyl (C=O) groups is 1. The summed E-state index contributed by atoms with van der Waals surface area (Å²) in [6, 6.07) is 15.0. The van der Waals surface area contributed by atoms with Gasteiger partial charge in [0.05, 0.1) is 6.54 Å². The maximum atomic E-state index is 13.2. The highest BCUT2D eigenvalue weighted by atomic mass is 79.9. The Bertz CT molecular complexity index is 767. The van der Waals surface area contributed by atoms with Gasteiger partial charge < -0.3 is 4.90 Å². The molecule has 144 valence electrons. The molecule has 0 aliphatic carbocycles. The van der Waals surface area contributed by atoms with Gasteiger partial charge in [0.1, 0.15) is 11.2 Å². The molecule has 1 aliphatic rings. The lowest BCUT2D eigenvalue weighted by Crippen LogP contribution is -2.42. The quantitative estimate of drug-likeness (QED) is 0.613. The van der Waals surface area contributed by atoms with Gasteiger partial charge in [-0.15, -0.1) is 11.8 Å². The van der Waals surface area contributed by atoms with Gasteiger partial charge >= 0.3 is 0 Å². The molecule has 1 fully saturated rings. The zero-order chi connectivity index (χ0) is 19.4. The Kier molecular flexibility index (Phi) is 6.95. The van der Waals surface area contributed by atoms with Crippen LogP contribution >= 0.6 is 27.7 Å². The van der Waals surface area contributed by atoms with E-state index < -0.39 is 0 Å². The van der Waals surface area contributed by atoms with Crippen LogP contribution in [0.4, 0.5) is 4.39 Å². The molecule has 1 aliphatic heterocycles. The second kappa shape index (κ2) is 9.22. The van der Waals surface area contributed by atoms with E-state index >= 15 is 0 Å². The van der Waals surface area contributed by atoms with Crippen LogP contribution in [-0.4, -0.2) is 40.6 Å². The highest BCUT2D eigenvalue weighted by molar-refractivity contribution is 9.10. The summed E-state index contributed by atoms with van der Waals surface area (Å²) in [6.07, 6.45) is 0. The fraction of sp³-hybridized carbons (Fsp3) is 0.381. The summed E-state index contributed by atoms with van der Waals surface area (Å²) in [4.78, 5) is 17.2. The Labute approximate surface area is 173 Å². The average Bonchev–Trinajstić information content (AvgIpc) is 3.13. The molecule has 6 heteroatoms. The van der Waals surface area contributed by atoms with Crippen molar-refractivity contribution in [2.24, 2.45) is 0 Å². The zero-order valence-electron chi connectivity index (χ0n) is 15.6. The van der Waals surface area contributed by atoms with Gasteiger partial charge in [-0.3, -0.25) is 9.69 Å². The minimum absolute atomic E-state index is 0.0280. The molecule has 3 rings (SSSR count). The Morgan fingerprint density at radius 3 is 2.52 bits per heavy atom. The number of hydrogen-bond donors (Lipinski definition) is 0. The number of amides is 1. The second-order valence-electron chi connectivity index (χ2n) is 6.99. The predicted molar refractivity (Wildman–Crippen MR) is 113 cm³/mol. The molecular weight excluding hydrogens is 427 g/mol. The van der Waals surface area contributed by atoms with E-state index in [1.807, 2.05) is 17.0 Å². The van der Waals surface area contributed by atoms with E-state index in [0.29, 0.717) is 6.54 Å². The fourth-order valence-electron chi connectivity index (χ4n) is 3.14. The summed E-state index contributed by atoms with van der Waals surface area (Å²) in [5.74, 6) is 0.780. The van der Waals surface area contributed by atoms with Crippen LogP contribution in [0.25, 0.3) is 0 Å². The summed E-state index contributed by atoms with van der Waals surface area (Å²) < 4.78 is 14.3. The lowest BCUT2D eigenvalue weighted by atomic mass is 10.1. The number of benzene rings is 2. The number of halogens is 2. The van der Waals surface area contributed by atoms with Crippen molar-refractivity contribution >= 4 is 33.6 Å². The standard InChI is InChI=1S/C21H24BrFN2OS/c1-15(2)24(13-16-3-7-18(22)8-4-16)14-20(26)25-11-12-27-21(25)17-5-9-19(23)10-6-17/h3-10,15,21H,11-14H2,1-2H3. The number of rotatable bonds is 6. The van der Waals surface area contributed by atoms with E-state index in [4.69, 9.17) is 0 Å². The van der Waals surface area contributed by atoms with Crippen LogP contribution in [-0.2, 0) is 11.3 Å². The summed E-state index contributed by atoms with van der Waals surface area (Å²) in [5.41, 5.74) is 2.17. The normalized spacial score (nSPS) is 17.1. The third kappa shape index (κ3) is 5.33. The average molecular weight is 451 g/mol. The van der Waals surface area contributed by atoms with Gasteiger partial charge in [-0.2, -0.15) is 0 Å². The topological polar surface area (TPSA) is 23.6 Å². The number of nitrogens with zero attached hydrogens (tertiary/aromatic N) is 2. The molecule has 0 spiro atoms. The highest BCUT2D eigenvalue weighted by Gasteiger charge is 2.31. The van der Waals surface area contributed by atoms with Crippen molar-refractivity contribution in [2.45, 2.75) is 31.8 Å². The van der Waals surface area contributed by atoms with Crippen molar-refractivity contribution < 1.29 is 9.18 Å². The van der Waals surface area contributed by atoms with Crippen LogP contribution in [0.3, 0.4) is 0 Å². The maximum Gasteiger partial charge on any atom is 0.237 e. The molecule has 3 nitrogen and oxygen atoms in total. The van der Waals surface area contributed by atoms with Crippen molar-refractivity contribution in [3.05, 3.63) is 69.9 Å². The summed E-state index contributed by atoms with van der Waals surface area (Å²) in [6.45, 7) is 6.07. The molecule has 27 heavy (non-hydrogen) atoms. The SMILES string of the molecule is CC(C)N(CC(=O)N1CCSC1c1ccc(F)cc1)Cc1ccc(Br)cc1. The van der Waals surface area contributed by atoms with E-state index in [1.54, 1.807) is 23.9 Å². The molecule has 0 aromatic heterocycles. The number of carbonyl (C=O) groups excluding carboxylic acids is 1. The molecule has 0 saturated carbocycles. The lowest BCUT2D eigenvalue weighted by molar-refractivity contribution is -0.133. The summed E-state index contributed by atoms with van der Waals surface area (Å²) >= 11 is 5.20. The summed E-state index contributed by atoms with van der Waals surface area (Å²) in [7, 11) is 0. The van der Waals surface area contributed by atoms with Gasteiger partial charge in [0.25, 0.3) is 0 Å². The second-order valence-corrected chi connectivity index (χ2v) is 9.09. The zero-order valence-corrected chi connectivity index (χ0v) is 18.0. The van der Waals surface area contributed by atoms with Crippen molar-refractivity contribution in [1.29, 1.82) is 0 Å².